The summed E-state index contributed by atoms with van der Waals surface area (Å²) >= 11 is 0. The van der Waals surface area contributed by atoms with E-state index in [1.807, 2.05) is 0 Å². The number of ether oxygens (including phenoxy) is 1. The molecule has 2 aliphatic heterocycles. The predicted molar refractivity (Wildman–Crippen MR) is 55.3 cm³/mol. The molecule has 14 heavy (non-hydrogen) atoms. The highest BCUT2D eigenvalue weighted by atomic mass is 16.5. The molecule has 3 rings (SSSR count). The van der Waals surface area contributed by atoms with Gasteiger partial charge >= 0.3 is 0 Å². The first-order valence-corrected chi connectivity index (χ1v) is 5.97. The molecule has 1 aliphatic carbocycles. The quantitative estimate of drug-likeness (QED) is 0.653. The summed E-state index contributed by atoms with van der Waals surface area (Å²) in [6.07, 6.45) is 2.87. The monoisotopic (exact) mass is 196 g/mol. The summed E-state index contributed by atoms with van der Waals surface area (Å²) in [6, 6.07) is 0.860. The molecule has 3 aliphatic rings. The Kier molecular flexibility index (Phi) is 2.48. The van der Waals surface area contributed by atoms with Crippen molar-refractivity contribution >= 4 is 0 Å². The van der Waals surface area contributed by atoms with Crippen molar-refractivity contribution in [2.24, 2.45) is 11.8 Å². The van der Waals surface area contributed by atoms with Gasteiger partial charge < -0.3 is 10.1 Å². The number of nitrogens with one attached hydrogen (secondary N) is 1. The van der Waals surface area contributed by atoms with Crippen molar-refractivity contribution in [2.45, 2.75) is 18.9 Å². The lowest BCUT2D eigenvalue weighted by molar-refractivity contribution is 0.00834. The number of hydrogen-bond acceptors (Lipinski definition) is 3. The lowest BCUT2D eigenvalue weighted by Crippen LogP contribution is -2.46. The van der Waals surface area contributed by atoms with Gasteiger partial charge in [-0.2, -0.15) is 0 Å². The summed E-state index contributed by atoms with van der Waals surface area (Å²) in [6.45, 7) is 6.74. The number of rotatable bonds is 1. The van der Waals surface area contributed by atoms with Crippen LogP contribution < -0.4 is 5.32 Å². The molecule has 0 amide bonds. The molecule has 0 aromatic heterocycles. The Morgan fingerprint density at radius 2 is 1.93 bits per heavy atom. The molecule has 2 heterocycles. The van der Waals surface area contributed by atoms with E-state index in [0.29, 0.717) is 0 Å². The average Bonchev–Trinajstić information content (AvgIpc) is 2.79. The highest BCUT2D eigenvalue weighted by Gasteiger charge is 2.41. The zero-order valence-corrected chi connectivity index (χ0v) is 8.74. The maximum Gasteiger partial charge on any atom is 0.0594 e. The largest absolute Gasteiger partial charge is 0.379 e. The Labute approximate surface area is 85.8 Å². The van der Waals surface area contributed by atoms with Crippen LogP contribution in [0.15, 0.2) is 0 Å². The van der Waals surface area contributed by atoms with Crippen LogP contribution in [0.2, 0.25) is 0 Å². The first-order chi connectivity index (χ1) is 6.95. The van der Waals surface area contributed by atoms with Crippen molar-refractivity contribution < 1.29 is 4.74 Å². The zero-order chi connectivity index (χ0) is 9.38. The molecule has 0 radical (unpaired) electrons. The molecular weight excluding hydrogens is 176 g/mol. The van der Waals surface area contributed by atoms with Gasteiger partial charge in [-0.15, -0.1) is 0 Å². The third-order valence-electron chi connectivity index (χ3n) is 4.23. The Hall–Kier alpha value is -0.120. The molecule has 0 aromatic rings. The van der Waals surface area contributed by atoms with Gasteiger partial charge in [-0.05, 0) is 37.8 Å². The van der Waals surface area contributed by atoms with Gasteiger partial charge in [0.25, 0.3) is 0 Å². The second kappa shape index (κ2) is 3.80. The van der Waals surface area contributed by atoms with E-state index in [1.54, 1.807) is 0 Å². The Morgan fingerprint density at radius 1 is 1.07 bits per heavy atom. The van der Waals surface area contributed by atoms with Gasteiger partial charge in [0.1, 0.15) is 0 Å². The summed E-state index contributed by atoms with van der Waals surface area (Å²) in [5, 5.41) is 3.54. The smallest absolute Gasteiger partial charge is 0.0594 e. The van der Waals surface area contributed by atoms with Crippen LogP contribution in [0.1, 0.15) is 12.8 Å². The average molecular weight is 196 g/mol. The van der Waals surface area contributed by atoms with E-state index in [0.717, 1.165) is 44.2 Å². The molecule has 2 saturated heterocycles. The van der Waals surface area contributed by atoms with Crippen LogP contribution in [-0.4, -0.2) is 50.3 Å². The molecule has 80 valence electrons. The van der Waals surface area contributed by atoms with E-state index >= 15 is 0 Å². The maximum atomic E-state index is 5.41. The summed E-state index contributed by atoms with van der Waals surface area (Å²) in [7, 11) is 0. The SMILES string of the molecule is C1CN(C2CC[C@H]3CNC[C@@H]23)CCO1. The fourth-order valence-corrected chi connectivity index (χ4v) is 3.48. The highest BCUT2D eigenvalue weighted by molar-refractivity contribution is 4.96. The van der Waals surface area contributed by atoms with Gasteiger partial charge in [-0.3, -0.25) is 4.90 Å². The van der Waals surface area contributed by atoms with Gasteiger partial charge in [-0.1, -0.05) is 0 Å². The number of nitrogens with zero attached hydrogens (tertiary/aromatic N) is 1. The first-order valence-electron chi connectivity index (χ1n) is 5.97. The summed E-state index contributed by atoms with van der Waals surface area (Å²) in [5.41, 5.74) is 0. The van der Waals surface area contributed by atoms with Gasteiger partial charge in [0.05, 0.1) is 13.2 Å². The minimum absolute atomic E-state index is 0.860. The van der Waals surface area contributed by atoms with Gasteiger partial charge in [0.2, 0.25) is 0 Å². The Bertz CT molecular complexity index is 203. The maximum absolute atomic E-state index is 5.41. The molecule has 0 aromatic carbocycles. The van der Waals surface area contributed by atoms with Crippen LogP contribution in [-0.2, 0) is 4.74 Å². The lowest BCUT2D eigenvalue weighted by Gasteiger charge is -2.35. The second-order valence-corrected chi connectivity index (χ2v) is 4.88. The van der Waals surface area contributed by atoms with Gasteiger partial charge in [-0.25, -0.2) is 0 Å². The molecule has 3 atom stereocenters. The van der Waals surface area contributed by atoms with E-state index in [4.69, 9.17) is 4.74 Å². The fraction of sp³-hybridized carbons (Fsp3) is 1.00. The van der Waals surface area contributed by atoms with Crippen LogP contribution in [0.5, 0.6) is 0 Å². The van der Waals surface area contributed by atoms with Crippen molar-refractivity contribution in [2.75, 3.05) is 39.4 Å². The molecule has 0 bridgehead atoms. The molecule has 3 fully saturated rings. The number of hydrogen-bond donors (Lipinski definition) is 1. The van der Waals surface area contributed by atoms with Crippen LogP contribution in [0.4, 0.5) is 0 Å². The second-order valence-electron chi connectivity index (χ2n) is 4.88. The topological polar surface area (TPSA) is 24.5 Å². The van der Waals surface area contributed by atoms with E-state index < -0.39 is 0 Å². The van der Waals surface area contributed by atoms with Crippen LogP contribution in [0.3, 0.4) is 0 Å². The normalized spacial score (nSPS) is 44.1. The van der Waals surface area contributed by atoms with Crippen molar-refractivity contribution in [3.8, 4) is 0 Å². The molecule has 3 heteroatoms. The lowest BCUT2D eigenvalue weighted by atomic mass is 9.96. The molecule has 1 unspecified atom stereocenters. The van der Waals surface area contributed by atoms with E-state index in [9.17, 15) is 0 Å². The minimum Gasteiger partial charge on any atom is -0.379 e. The molecule has 0 spiro atoms. The molecule has 3 nitrogen and oxygen atoms in total. The fourth-order valence-electron chi connectivity index (χ4n) is 3.48. The third kappa shape index (κ3) is 1.47. The third-order valence-corrected chi connectivity index (χ3v) is 4.23. The zero-order valence-electron chi connectivity index (χ0n) is 8.74. The van der Waals surface area contributed by atoms with Crippen LogP contribution >= 0.6 is 0 Å². The number of morpholine rings is 1. The Morgan fingerprint density at radius 3 is 2.79 bits per heavy atom. The van der Waals surface area contributed by atoms with Crippen LogP contribution in [0.25, 0.3) is 0 Å². The molecule has 1 N–H and O–H groups in total. The highest BCUT2D eigenvalue weighted by Crippen LogP contribution is 2.37. The van der Waals surface area contributed by atoms with Crippen molar-refractivity contribution in [1.82, 2.24) is 10.2 Å². The molecular formula is C11H20N2O. The van der Waals surface area contributed by atoms with E-state index in [-0.39, 0.29) is 0 Å². The molecule has 1 saturated carbocycles. The number of fused-ring (bicyclic) bond motifs is 1. The van der Waals surface area contributed by atoms with E-state index in [1.165, 1.54) is 25.9 Å². The van der Waals surface area contributed by atoms with Crippen molar-refractivity contribution in [3.63, 3.8) is 0 Å². The minimum atomic E-state index is 0.860. The predicted octanol–water partition coefficient (Wildman–Crippen LogP) is 0.317. The standard InChI is InChI=1S/C11H20N2O/c1-2-11(10-8-12-7-9(1)10)13-3-5-14-6-4-13/h9-12H,1-8H2/t9-,10+,11?/m0/s1. The van der Waals surface area contributed by atoms with Crippen LogP contribution in [0, 0.1) is 11.8 Å². The summed E-state index contributed by atoms with van der Waals surface area (Å²) < 4.78 is 5.41. The van der Waals surface area contributed by atoms with E-state index in [2.05, 4.69) is 10.2 Å². The Balaban J connectivity index is 1.66. The van der Waals surface area contributed by atoms with Gasteiger partial charge in [0, 0.05) is 19.1 Å². The van der Waals surface area contributed by atoms with Crippen molar-refractivity contribution in [1.29, 1.82) is 0 Å². The summed E-state index contributed by atoms with van der Waals surface area (Å²) in [4.78, 5) is 2.67. The first kappa shape index (κ1) is 9.13. The van der Waals surface area contributed by atoms with Gasteiger partial charge in [0.15, 0.2) is 0 Å². The summed E-state index contributed by atoms with van der Waals surface area (Å²) in [5.74, 6) is 1.91. The van der Waals surface area contributed by atoms with Crippen molar-refractivity contribution in [3.05, 3.63) is 0 Å².